The van der Waals surface area contributed by atoms with Crippen LogP contribution in [0.25, 0.3) is 0 Å². The molecule has 0 saturated carbocycles. The van der Waals surface area contributed by atoms with E-state index in [1.54, 1.807) is 0 Å². The van der Waals surface area contributed by atoms with Crippen molar-refractivity contribution < 1.29 is 4.79 Å². The summed E-state index contributed by atoms with van der Waals surface area (Å²) < 4.78 is 0. The molecule has 1 atom stereocenters. The summed E-state index contributed by atoms with van der Waals surface area (Å²) in [6, 6.07) is 0. The van der Waals surface area contributed by atoms with E-state index in [0.29, 0.717) is 5.91 Å². The van der Waals surface area contributed by atoms with Crippen LogP contribution in [0.4, 0.5) is 0 Å². The molecule has 106 valence electrons. The molecule has 1 unspecified atom stereocenters. The molecule has 3 nitrogen and oxygen atoms in total. The van der Waals surface area contributed by atoms with E-state index < -0.39 is 0 Å². The summed E-state index contributed by atoms with van der Waals surface area (Å²) in [6.07, 6.45) is 4.25. The molecule has 1 aliphatic rings. The summed E-state index contributed by atoms with van der Waals surface area (Å²) >= 11 is 0. The number of carbonyl (C=O) groups excluding carboxylic acids is 1. The van der Waals surface area contributed by atoms with Crippen molar-refractivity contribution in [2.24, 2.45) is 10.8 Å². The summed E-state index contributed by atoms with van der Waals surface area (Å²) in [6.45, 7) is 11.5. The van der Waals surface area contributed by atoms with E-state index in [2.05, 4.69) is 33.0 Å². The van der Waals surface area contributed by atoms with Gasteiger partial charge in [0.25, 0.3) is 0 Å². The van der Waals surface area contributed by atoms with Gasteiger partial charge in [-0.15, -0.1) is 0 Å². The number of nitrogens with zero attached hydrogens (tertiary/aromatic N) is 1. The maximum absolute atomic E-state index is 12.8. The second-order valence-corrected chi connectivity index (χ2v) is 7.03. The minimum Gasteiger partial charge on any atom is -0.345 e. The maximum Gasteiger partial charge on any atom is 0.229 e. The highest BCUT2D eigenvalue weighted by molar-refractivity contribution is 5.83. The lowest BCUT2D eigenvalue weighted by Gasteiger charge is -2.40. The van der Waals surface area contributed by atoms with E-state index in [9.17, 15) is 4.79 Å². The van der Waals surface area contributed by atoms with Crippen molar-refractivity contribution in [2.75, 3.05) is 26.7 Å². The Morgan fingerprint density at radius 1 is 1.39 bits per heavy atom. The van der Waals surface area contributed by atoms with Gasteiger partial charge in [0.15, 0.2) is 0 Å². The van der Waals surface area contributed by atoms with Crippen LogP contribution in [0.15, 0.2) is 0 Å². The van der Waals surface area contributed by atoms with Crippen LogP contribution in [-0.4, -0.2) is 37.5 Å². The number of nitrogens with one attached hydrogen (secondary N) is 1. The third-order valence-corrected chi connectivity index (χ3v) is 3.71. The Labute approximate surface area is 112 Å². The maximum atomic E-state index is 12.8. The first-order valence-electron chi connectivity index (χ1n) is 7.27. The fourth-order valence-electron chi connectivity index (χ4n) is 3.14. The number of hydrogen-bond acceptors (Lipinski definition) is 2. The largest absolute Gasteiger partial charge is 0.345 e. The summed E-state index contributed by atoms with van der Waals surface area (Å²) in [7, 11) is 1.96. The monoisotopic (exact) mass is 254 g/mol. The van der Waals surface area contributed by atoms with Crippen molar-refractivity contribution in [3.05, 3.63) is 0 Å². The predicted molar refractivity (Wildman–Crippen MR) is 76.5 cm³/mol. The van der Waals surface area contributed by atoms with Crippen LogP contribution in [0.5, 0.6) is 0 Å². The Balaban J connectivity index is 2.75. The zero-order valence-corrected chi connectivity index (χ0v) is 12.8. The van der Waals surface area contributed by atoms with Gasteiger partial charge >= 0.3 is 0 Å². The quantitative estimate of drug-likeness (QED) is 0.836. The molecule has 1 N–H and O–H groups in total. The lowest BCUT2D eigenvalue weighted by molar-refractivity contribution is -0.143. The fourth-order valence-corrected chi connectivity index (χ4v) is 3.14. The zero-order chi connectivity index (χ0) is 13.8. The molecule has 1 aliphatic heterocycles. The molecule has 1 fully saturated rings. The summed E-state index contributed by atoms with van der Waals surface area (Å²) in [4.78, 5) is 14.7. The molecule has 0 radical (unpaired) electrons. The standard InChI is InChI=1S/C15H30N2O/c1-6-8-15(9-7-10-16-11-15)13(18)17(5)12-14(2,3)4/h16H,6-12H2,1-5H3. The lowest BCUT2D eigenvalue weighted by Crippen LogP contribution is -2.52. The Hall–Kier alpha value is -0.570. The van der Waals surface area contributed by atoms with Crippen LogP contribution in [0, 0.1) is 10.8 Å². The molecule has 0 aromatic rings. The molecule has 1 amide bonds. The van der Waals surface area contributed by atoms with E-state index in [4.69, 9.17) is 0 Å². The van der Waals surface area contributed by atoms with Gasteiger partial charge in [0, 0.05) is 20.1 Å². The normalized spacial score (nSPS) is 24.9. The van der Waals surface area contributed by atoms with Crippen molar-refractivity contribution in [3.63, 3.8) is 0 Å². The summed E-state index contributed by atoms with van der Waals surface area (Å²) in [5.74, 6) is 0.339. The molecule has 0 aromatic heterocycles. The molecule has 1 rings (SSSR count). The Morgan fingerprint density at radius 3 is 2.50 bits per heavy atom. The van der Waals surface area contributed by atoms with Crippen LogP contribution < -0.4 is 5.32 Å². The van der Waals surface area contributed by atoms with Gasteiger partial charge in [0.05, 0.1) is 5.41 Å². The second-order valence-electron chi connectivity index (χ2n) is 7.03. The van der Waals surface area contributed by atoms with Gasteiger partial charge in [-0.25, -0.2) is 0 Å². The molecule has 0 spiro atoms. The van der Waals surface area contributed by atoms with E-state index >= 15 is 0 Å². The number of amides is 1. The van der Waals surface area contributed by atoms with Gasteiger partial charge in [0.2, 0.25) is 5.91 Å². The molecule has 1 saturated heterocycles. The Bertz CT molecular complexity index is 269. The first-order chi connectivity index (χ1) is 8.31. The summed E-state index contributed by atoms with van der Waals surface area (Å²) in [5, 5.41) is 3.41. The highest BCUT2D eigenvalue weighted by Crippen LogP contribution is 2.34. The van der Waals surface area contributed by atoms with Crippen LogP contribution in [0.1, 0.15) is 53.4 Å². The average Bonchev–Trinajstić information content (AvgIpc) is 2.27. The molecule has 0 aromatic carbocycles. The number of hydrogen-bond donors (Lipinski definition) is 1. The van der Waals surface area contributed by atoms with Crippen molar-refractivity contribution in [2.45, 2.75) is 53.4 Å². The van der Waals surface area contributed by atoms with Crippen LogP contribution in [0.2, 0.25) is 0 Å². The van der Waals surface area contributed by atoms with Gasteiger partial charge < -0.3 is 10.2 Å². The third-order valence-electron chi connectivity index (χ3n) is 3.71. The van der Waals surface area contributed by atoms with Crippen molar-refractivity contribution >= 4 is 5.91 Å². The van der Waals surface area contributed by atoms with Gasteiger partial charge in [0.1, 0.15) is 0 Å². The van der Waals surface area contributed by atoms with Crippen LogP contribution in [0.3, 0.4) is 0 Å². The smallest absolute Gasteiger partial charge is 0.229 e. The lowest BCUT2D eigenvalue weighted by atomic mass is 9.75. The van der Waals surface area contributed by atoms with E-state index in [1.165, 1.54) is 0 Å². The highest BCUT2D eigenvalue weighted by atomic mass is 16.2. The Kier molecular flexibility index (Phi) is 5.20. The van der Waals surface area contributed by atoms with Crippen molar-refractivity contribution in [1.82, 2.24) is 10.2 Å². The molecule has 0 aliphatic carbocycles. The average molecular weight is 254 g/mol. The van der Waals surface area contributed by atoms with E-state index in [0.717, 1.165) is 45.3 Å². The predicted octanol–water partition coefficient (Wildman–Crippen LogP) is 2.66. The van der Waals surface area contributed by atoms with E-state index in [-0.39, 0.29) is 10.8 Å². The van der Waals surface area contributed by atoms with Crippen LogP contribution in [-0.2, 0) is 4.79 Å². The topological polar surface area (TPSA) is 32.3 Å². The zero-order valence-electron chi connectivity index (χ0n) is 12.8. The SMILES string of the molecule is CCCC1(C(=O)N(C)CC(C)(C)C)CCCNC1. The minimum absolute atomic E-state index is 0.146. The minimum atomic E-state index is -0.146. The third kappa shape index (κ3) is 3.98. The van der Waals surface area contributed by atoms with E-state index in [1.807, 2.05) is 11.9 Å². The second kappa shape index (κ2) is 6.05. The van der Waals surface area contributed by atoms with Crippen LogP contribution >= 0.6 is 0 Å². The van der Waals surface area contributed by atoms with Crippen molar-refractivity contribution in [1.29, 1.82) is 0 Å². The molecule has 1 heterocycles. The molecular weight excluding hydrogens is 224 g/mol. The molecule has 0 bridgehead atoms. The number of rotatable bonds is 4. The molecule has 18 heavy (non-hydrogen) atoms. The van der Waals surface area contributed by atoms with Gasteiger partial charge in [-0.05, 0) is 31.2 Å². The summed E-state index contributed by atoms with van der Waals surface area (Å²) in [5.41, 5.74) is 0.0207. The highest BCUT2D eigenvalue weighted by Gasteiger charge is 2.40. The Morgan fingerprint density at radius 2 is 2.06 bits per heavy atom. The molecule has 3 heteroatoms. The van der Waals surface area contributed by atoms with Gasteiger partial charge in [-0.1, -0.05) is 34.1 Å². The first-order valence-corrected chi connectivity index (χ1v) is 7.27. The number of carbonyl (C=O) groups is 1. The molecular formula is C15H30N2O. The van der Waals surface area contributed by atoms with Gasteiger partial charge in [-0.3, -0.25) is 4.79 Å². The van der Waals surface area contributed by atoms with Gasteiger partial charge in [-0.2, -0.15) is 0 Å². The van der Waals surface area contributed by atoms with Crippen molar-refractivity contribution in [3.8, 4) is 0 Å². The number of piperidine rings is 1. The first kappa shape index (κ1) is 15.5. The fraction of sp³-hybridized carbons (Fsp3) is 0.933.